The van der Waals surface area contributed by atoms with Crippen molar-refractivity contribution in [3.05, 3.63) is 21.4 Å². The summed E-state index contributed by atoms with van der Waals surface area (Å²) in [6.07, 6.45) is -2.29. The largest absolute Gasteiger partial charge is 0.458 e. The second-order valence-corrected chi connectivity index (χ2v) is 19.5. The van der Waals surface area contributed by atoms with Crippen LogP contribution in [0.25, 0.3) is 0 Å². The molecule has 3 saturated heterocycles. The van der Waals surface area contributed by atoms with Crippen molar-refractivity contribution in [1.82, 2.24) is 10.2 Å². The third-order valence-electron chi connectivity index (χ3n) is 13.8. The third-order valence-corrected chi connectivity index (χ3v) is 15.0. The highest BCUT2D eigenvalue weighted by molar-refractivity contribution is 7.14. The SMILES string of the molecule is CC[C@H]1OC(=O)[C@H](C)C(=O)C(C)[C@@H](O[C@@H]2O[C@H](C)C[C@H](N(C)C)[C@H]2O)[C@](C)(OC)C[C@@H](C)C(=O)[C@H](C)[C@H]2C(CNC(=O)CCC(=O)c3cc4c(s3)CCCC4=O)C(=O)O[C@@]21C. The predicted octanol–water partition coefficient (Wildman–Crippen LogP) is 4.52. The minimum absolute atomic E-state index is 0.0202. The predicted molar refractivity (Wildman–Crippen MR) is 224 cm³/mol. The molecule has 1 aromatic rings. The zero-order chi connectivity index (χ0) is 45.3. The van der Waals surface area contributed by atoms with Gasteiger partial charge >= 0.3 is 11.9 Å². The molecule has 15 nitrogen and oxygen atoms in total. The summed E-state index contributed by atoms with van der Waals surface area (Å²) in [7, 11) is 5.14. The Balaban J connectivity index is 1.41. The maximum absolute atomic E-state index is 14.7. The molecule has 16 heteroatoms. The van der Waals surface area contributed by atoms with Crippen LogP contribution >= 0.6 is 11.3 Å². The van der Waals surface area contributed by atoms with E-state index in [1.807, 2.05) is 25.9 Å². The van der Waals surface area contributed by atoms with Crippen LogP contribution in [0.15, 0.2) is 6.07 Å². The molecule has 4 aliphatic rings. The zero-order valence-electron chi connectivity index (χ0n) is 37.6. The number of aliphatic hydroxyl groups excluding tert-OH is 1. The molecule has 61 heavy (non-hydrogen) atoms. The standard InChI is InChI=1S/C45H66N2O13S/c1-12-34-45(8)36(28(42(55)60-45)21-46-35(50)17-16-31(49)33-19-27-30(48)14-13-15-32(27)61-33)24(4)37(51)22(2)20-44(7,56-11)40(25(5)38(52)26(6)41(54)58-34)59-43-39(53)29(47(9)10)18-23(3)57-43/h19,22-26,28-29,34,36,39-40,43,53H,12-18,20-21H2,1-11H3,(H,46,50)/t22-,23-,24-,25?,26-,28?,29+,34-,36+,39-,40-,43+,44-,45-/m1/s1. The number of nitrogens with one attached hydrogen (secondary N) is 1. The van der Waals surface area contributed by atoms with E-state index in [2.05, 4.69) is 5.32 Å². The molecule has 14 atom stereocenters. The lowest BCUT2D eigenvalue weighted by Crippen LogP contribution is -2.59. The van der Waals surface area contributed by atoms with Gasteiger partial charge in [0, 0.05) is 73.1 Å². The number of aryl methyl sites for hydroxylation is 1. The molecule has 0 spiro atoms. The van der Waals surface area contributed by atoms with Gasteiger partial charge in [0.2, 0.25) is 5.91 Å². The number of hydrogen-bond acceptors (Lipinski definition) is 15. The van der Waals surface area contributed by atoms with Gasteiger partial charge in [-0.3, -0.25) is 33.6 Å². The van der Waals surface area contributed by atoms with Crippen LogP contribution in [-0.4, -0.2) is 127 Å². The van der Waals surface area contributed by atoms with Crippen LogP contribution in [0.5, 0.6) is 0 Å². The maximum atomic E-state index is 14.7. The fourth-order valence-electron chi connectivity index (χ4n) is 10.2. The number of hydrogen-bond donors (Lipinski definition) is 2. The van der Waals surface area contributed by atoms with Crippen LogP contribution in [0.2, 0.25) is 0 Å². The summed E-state index contributed by atoms with van der Waals surface area (Å²) in [5.41, 5.74) is -2.28. The lowest BCUT2D eigenvalue weighted by atomic mass is 9.67. The first-order valence-electron chi connectivity index (χ1n) is 21.7. The molecule has 0 saturated carbocycles. The molecule has 0 radical (unpaired) electrons. The Bertz CT molecular complexity index is 1850. The van der Waals surface area contributed by atoms with Gasteiger partial charge in [0.25, 0.3) is 0 Å². The van der Waals surface area contributed by atoms with E-state index in [1.54, 1.807) is 47.6 Å². The van der Waals surface area contributed by atoms with Gasteiger partial charge < -0.3 is 39.0 Å². The molecule has 2 N–H and O–H groups in total. The summed E-state index contributed by atoms with van der Waals surface area (Å²) >= 11 is 1.29. The highest BCUT2D eigenvalue weighted by Crippen LogP contribution is 2.48. The van der Waals surface area contributed by atoms with E-state index in [0.717, 1.165) is 17.7 Å². The number of cyclic esters (lactones) is 1. The zero-order valence-corrected chi connectivity index (χ0v) is 38.4. The van der Waals surface area contributed by atoms with Crippen LogP contribution in [0.1, 0.15) is 125 Å². The number of ether oxygens (including phenoxy) is 5. The average molecular weight is 875 g/mol. The Hall–Kier alpha value is -3.41. The molecule has 4 heterocycles. The summed E-state index contributed by atoms with van der Waals surface area (Å²) in [6.45, 7) is 13.3. The summed E-state index contributed by atoms with van der Waals surface area (Å²) in [5, 5.41) is 14.2. The smallest absolute Gasteiger partial charge is 0.316 e. The van der Waals surface area contributed by atoms with Crippen molar-refractivity contribution in [2.45, 2.75) is 155 Å². The van der Waals surface area contributed by atoms with Crippen molar-refractivity contribution < 1.29 is 62.4 Å². The fourth-order valence-corrected chi connectivity index (χ4v) is 11.4. The number of esters is 2. The maximum Gasteiger partial charge on any atom is 0.316 e. The topological polar surface area (TPSA) is 201 Å². The Morgan fingerprint density at radius 3 is 2.30 bits per heavy atom. The Labute approximate surface area is 363 Å². The Morgan fingerprint density at radius 1 is 0.984 bits per heavy atom. The molecular weight excluding hydrogens is 809 g/mol. The molecule has 1 aromatic heterocycles. The molecule has 1 aliphatic carbocycles. The Morgan fingerprint density at radius 2 is 1.67 bits per heavy atom. The summed E-state index contributed by atoms with van der Waals surface area (Å²) in [4.78, 5) is 98.7. The fraction of sp³-hybridized carbons (Fsp3) is 0.756. The molecule has 3 fully saturated rings. The number of likely N-dealkylation sites (N-methyl/N-ethyl adjacent to an activating group) is 1. The molecule has 340 valence electrons. The van der Waals surface area contributed by atoms with Crippen molar-refractivity contribution in [3.63, 3.8) is 0 Å². The van der Waals surface area contributed by atoms with Gasteiger partial charge in [-0.15, -0.1) is 11.3 Å². The average Bonchev–Trinajstić information content (AvgIpc) is 3.78. The van der Waals surface area contributed by atoms with Gasteiger partial charge in [-0.05, 0) is 80.0 Å². The van der Waals surface area contributed by atoms with Gasteiger partial charge in [0.05, 0.1) is 28.6 Å². The van der Waals surface area contributed by atoms with Crippen LogP contribution in [-0.2, 0) is 54.1 Å². The number of Topliss-reactive ketones (excluding diaryl/α,β-unsaturated/α-hetero) is 4. The van der Waals surface area contributed by atoms with Gasteiger partial charge in [0.1, 0.15) is 23.9 Å². The lowest BCUT2D eigenvalue weighted by molar-refractivity contribution is -0.295. The number of carbonyl (C=O) groups is 7. The normalized spacial score (nSPS) is 37.7. The van der Waals surface area contributed by atoms with Gasteiger partial charge in [0.15, 0.2) is 29.2 Å². The number of methoxy groups -OCH3 is 1. The van der Waals surface area contributed by atoms with E-state index in [9.17, 15) is 38.7 Å². The van der Waals surface area contributed by atoms with Crippen LogP contribution in [0.4, 0.5) is 0 Å². The van der Waals surface area contributed by atoms with Crippen molar-refractivity contribution in [1.29, 1.82) is 0 Å². The molecule has 0 aromatic carbocycles. The van der Waals surface area contributed by atoms with E-state index in [4.69, 9.17) is 23.7 Å². The summed E-state index contributed by atoms with van der Waals surface area (Å²) in [5.74, 6) is -8.87. The number of amides is 1. The number of aliphatic hydroxyl groups is 1. The monoisotopic (exact) mass is 874 g/mol. The number of carbonyl (C=O) groups excluding carboxylic acids is 7. The first-order chi connectivity index (χ1) is 28.6. The van der Waals surface area contributed by atoms with E-state index in [0.29, 0.717) is 23.3 Å². The number of fused-ring (bicyclic) bond motifs is 2. The minimum Gasteiger partial charge on any atom is -0.458 e. The van der Waals surface area contributed by atoms with Gasteiger partial charge in [-0.2, -0.15) is 0 Å². The quantitative estimate of drug-likeness (QED) is 0.179. The first kappa shape index (κ1) is 48.6. The highest BCUT2D eigenvalue weighted by atomic mass is 32.1. The molecule has 3 aliphatic heterocycles. The molecule has 1 amide bonds. The van der Waals surface area contributed by atoms with Crippen LogP contribution in [0, 0.1) is 35.5 Å². The van der Waals surface area contributed by atoms with Crippen molar-refractivity contribution in [3.8, 4) is 0 Å². The van der Waals surface area contributed by atoms with E-state index in [-0.39, 0.29) is 61.7 Å². The second kappa shape index (κ2) is 19.5. The van der Waals surface area contributed by atoms with Crippen LogP contribution < -0.4 is 5.32 Å². The van der Waals surface area contributed by atoms with Gasteiger partial charge in [-0.1, -0.05) is 27.7 Å². The third kappa shape index (κ3) is 10.0. The molecule has 0 bridgehead atoms. The van der Waals surface area contributed by atoms with Crippen LogP contribution in [0.3, 0.4) is 0 Å². The number of rotatable bonds is 11. The van der Waals surface area contributed by atoms with E-state index in [1.165, 1.54) is 25.4 Å². The number of nitrogens with zero attached hydrogens (tertiary/aromatic N) is 1. The van der Waals surface area contributed by atoms with Gasteiger partial charge in [-0.25, -0.2) is 0 Å². The number of ketones is 4. The number of thiophene rings is 1. The lowest BCUT2D eigenvalue weighted by Gasteiger charge is -2.47. The summed E-state index contributed by atoms with van der Waals surface area (Å²) in [6, 6.07) is 1.31. The first-order valence-corrected chi connectivity index (χ1v) is 22.6. The second-order valence-electron chi connectivity index (χ2n) is 18.4. The molecule has 5 rings (SSSR count). The molecular formula is C45H66N2O13S. The van der Waals surface area contributed by atoms with Crippen molar-refractivity contribution >= 4 is 52.3 Å². The van der Waals surface area contributed by atoms with E-state index >= 15 is 0 Å². The Kier molecular flexibility index (Phi) is 15.6. The highest BCUT2D eigenvalue weighted by Gasteiger charge is 2.61. The summed E-state index contributed by atoms with van der Waals surface area (Å²) < 4.78 is 31.0. The minimum atomic E-state index is -1.53. The van der Waals surface area contributed by atoms with E-state index < -0.39 is 94.9 Å². The molecule has 2 unspecified atom stereocenters. The van der Waals surface area contributed by atoms with Crippen molar-refractivity contribution in [2.24, 2.45) is 35.5 Å². The van der Waals surface area contributed by atoms with Crippen molar-refractivity contribution in [2.75, 3.05) is 27.7 Å².